The van der Waals surface area contributed by atoms with Crippen molar-refractivity contribution in [2.24, 2.45) is 23.7 Å². The summed E-state index contributed by atoms with van der Waals surface area (Å²) in [6.07, 6.45) is 11.2. The first-order valence-electron chi connectivity index (χ1n) is 10.7. The van der Waals surface area contributed by atoms with Crippen LogP contribution in [0.5, 0.6) is 0 Å². The van der Waals surface area contributed by atoms with E-state index >= 15 is 0 Å². The molecule has 2 aliphatic rings. The van der Waals surface area contributed by atoms with Crippen molar-refractivity contribution in [1.82, 2.24) is 0 Å². The van der Waals surface area contributed by atoms with Gasteiger partial charge in [0.05, 0.1) is 18.8 Å². The molecule has 0 amide bonds. The van der Waals surface area contributed by atoms with Crippen molar-refractivity contribution < 1.29 is 19.7 Å². The van der Waals surface area contributed by atoms with Gasteiger partial charge in [-0.05, 0) is 63.7 Å². The van der Waals surface area contributed by atoms with Gasteiger partial charge < -0.3 is 14.9 Å². The molecule has 0 bridgehead atoms. The molecule has 0 heterocycles. The zero-order chi connectivity index (χ0) is 20.5. The van der Waals surface area contributed by atoms with Crippen molar-refractivity contribution in [3.63, 3.8) is 0 Å². The van der Waals surface area contributed by atoms with Crippen LogP contribution in [0.3, 0.4) is 0 Å². The number of rotatable bonds is 9. The zero-order valence-electron chi connectivity index (χ0n) is 17.6. The third kappa shape index (κ3) is 6.50. The first-order valence-corrected chi connectivity index (χ1v) is 10.7. The average molecular weight is 389 g/mol. The summed E-state index contributed by atoms with van der Waals surface area (Å²) in [5.41, 5.74) is 1.45. The molecule has 2 aliphatic carbocycles. The Bertz CT molecular complexity index is 624. The second kappa shape index (κ2) is 11.4. The fraction of sp³-hybridized carbons (Fsp3) is 0.708. The van der Waals surface area contributed by atoms with Gasteiger partial charge in [-0.15, -0.1) is 11.8 Å². The Morgan fingerprint density at radius 3 is 2.89 bits per heavy atom. The second-order valence-corrected chi connectivity index (χ2v) is 8.26. The number of aliphatic hydroxyl groups excluding tert-OH is 2. The standard InChI is InChI=1S/C24H36O4/c1-4-6-9-17(3)22(25)13-12-20-21-15-18(14-19(21)16-23(20)26)10-7-8-11-24(27)28-5-2/h10,12-13,17,19-23,25-26H,5,7-9,11,14-16H2,1-3H3/b13-12-,18-10+/t17?,19-,20+,21+,22-,23+/m1/s1. The first-order chi connectivity index (χ1) is 13.5. The molecule has 0 aromatic carbocycles. The maximum absolute atomic E-state index is 11.4. The maximum Gasteiger partial charge on any atom is 0.305 e. The lowest BCUT2D eigenvalue weighted by atomic mass is 9.89. The molecule has 4 heteroatoms. The zero-order valence-corrected chi connectivity index (χ0v) is 17.6. The maximum atomic E-state index is 11.4. The summed E-state index contributed by atoms with van der Waals surface area (Å²) in [5.74, 6) is 6.97. The minimum absolute atomic E-state index is 0.0940. The highest BCUT2D eigenvalue weighted by atomic mass is 16.5. The van der Waals surface area contributed by atoms with E-state index < -0.39 is 6.10 Å². The minimum Gasteiger partial charge on any atom is -0.466 e. The third-order valence-electron chi connectivity index (χ3n) is 6.15. The van der Waals surface area contributed by atoms with Gasteiger partial charge in [0.25, 0.3) is 0 Å². The monoisotopic (exact) mass is 388 g/mol. The smallest absolute Gasteiger partial charge is 0.305 e. The van der Waals surface area contributed by atoms with Crippen LogP contribution in [0.4, 0.5) is 0 Å². The normalized spacial score (nSPS) is 30.1. The third-order valence-corrected chi connectivity index (χ3v) is 6.15. The summed E-state index contributed by atoms with van der Waals surface area (Å²) in [6.45, 7) is 6.08. The molecule has 1 unspecified atom stereocenters. The summed E-state index contributed by atoms with van der Waals surface area (Å²) >= 11 is 0. The van der Waals surface area contributed by atoms with E-state index in [-0.39, 0.29) is 23.9 Å². The van der Waals surface area contributed by atoms with Crippen LogP contribution in [0.2, 0.25) is 0 Å². The first kappa shape index (κ1) is 22.7. The number of hydrogen-bond acceptors (Lipinski definition) is 4. The molecule has 2 saturated carbocycles. The van der Waals surface area contributed by atoms with Gasteiger partial charge in [0.15, 0.2) is 0 Å². The van der Waals surface area contributed by atoms with Gasteiger partial charge >= 0.3 is 5.97 Å². The molecule has 0 radical (unpaired) electrons. The van der Waals surface area contributed by atoms with Crippen molar-refractivity contribution >= 4 is 5.97 Å². The van der Waals surface area contributed by atoms with Gasteiger partial charge in [0, 0.05) is 18.8 Å². The van der Waals surface area contributed by atoms with Crippen LogP contribution in [0.25, 0.3) is 0 Å². The van der Waals surface area contributed by atoms with Crippen molar-refractivity contribution in [3.05, 3.63) is 23.8 Å². The number of hydrogen-bond donors (Lipinski definition) is 2. The van der Waals surface area contributed by atoms with E-state index in [0.29, 0.717) is 31.3 Å². The fourth-order valence-corrected chi connectivity index (χ4v) is 4.54. The van der Waals surface area contributed by atoms with Gasteiger partial charge in [-0.25, -0.2) is 0 Å². The molecular formula is C24H36O4. The lowest BCUT2D eigenvalue weighted by Crippen LogP contribution is -2.19. The van der Waals surface area contributed by atoms with E-state index in [2.05, 4.69) is 17.9 Å². The summed E-state index contributed by atoms with van der Waals surface area (Å²) in [4.78, 5) is 11.4. The SMILES string of the molecule is CC#CCC(C)[C@H](O)/C=C\[C@H]1[C@H]2C/C(=C/CCCC(=O)OCC)C[C@@H]2C[C@@H]1O. The number of aliphatic hydroxyl groups is 2. The summed E-state index contributed by atoms with van der Waals surface area (Å²) in [7, 11) is 0. The topological polar surface area (TPSA) is 66.8 Å². The largest absolute Gasteiger partial charge is 0.466 e. The van der Waals surface area contributed by atoms with E-state index in [4.69, 9.17) is 4.74 Å². The van der Waals surface area contributed by atoms with Crippen LogP contribution in [0.15, 0.2) is 23.8 Å². The van der Waals surface area contributed by atoms with Crippen molar-refractivity contribution in [1.29, 1.82) is 0 Å². The van der Waals surface area contributed by atoms with Gasteiger partial charge in [-0.2, -0.15) is 0 Å². The number of allylic oxidation sites excluding steroid dienone is 2. The highest BCUT2D eigenvalue weighted by Crippen LogP contribution is 2.50. The van der Waals surface area contributed by atoms with Crippen LogP contribution in [-0.2, 0) is 9.53 Å². The summed E-state index contributed by atoms with van der Waals surface area (Å²) in [6, 6.07) is 0. The number of carbonyl (C=O) groups is 1. The van der Waals surface area contributed by atoms with E-state index in [9.17, 15) is 15.0 Å². The highest BCUT2D eigenvalue weighted by Gasteiger charge is 2.44. The van der Waals surface area contributed by atoms with E-state index in [0.717, 1.165) is 32.1 Å². The molecule has 2 fully saturated rings. The number of carbonyl (C=O) groups excluding carboxylic acids is 1. The number of unbranched alkanes of at least 4 members (excludes halogenated alkanes) is 1. The van der Waals surface area contributed by atoms with Crippen LogP contribution in [-0.4, -0.2) is 35.0 Å². The minimum atomic E-state index is -0.522. The van der Waals surface area contributed by atoms with Crippen LogP contribution in [0, 0.1) is 35.5 Å². The Labute approximate surface area is 170 Å². The molecular weight excluding hydrogens is 352 g/mol. The van der Waals surface area contributed by atoms with Crippen LogP contribution in [0.1, 0.15) is 65.7 Å². The van der Waals surface area contributed by atoms with Gasteiger partial charge in [-0.1, -0.05) is 30.7 Å². The van der Waals surface area contributed by atoms with E-state index in [1.54, 1.807) is 0 Å². The van der Waals surface area contributed by atoms with Crippen molar-refractivity contribution in [2.45, 2.75) is 77.9 Å². The van der Waals surface area contributed by atoms with Gasteiger partial charge in [-0.3, -0.25) is 4.79 Å². The quantitative estimate of drug-likeness (QED) is 0.271. The molecule has 0 aromatic heterocycles. The number of fused-ring (bicyclic) bond motifs is 1. The molecule has 0 spiro atoms. The number of ether oxygens (including phenoxy) is 1. The van der Waals surface area contributed by atoms with Crippen molar-refractivity contribution in [3.8, 4) is 11.8 Å². The Kier molecular flexibility index (Phi) is 9.28. The number of esters is 1. The lowest BCUT2D eigenvalue weighted by Gasteiger charge is -2.19. The van der Waals surface area contributed by atoms with Crippen LogP contribution >= 0.6 is 0 Å². The summed E-state index contributed by atoms with van der Waals surface area (Å²) in [5, 5.41) is 20.8. The Balaban J connectivity index is 1.85. The Morgan fingerprint density at radius 1 is 1.39 bits per heavy atom. The molecule has 0 aromatic rings. The van der Waals surface area contributed by atoms with E-state index in [1.165, 1.54) is 5.57 Å². The molecule has 2 rings (SSSR count). The summed E-state index contributed by atoms with van der Waals surface area (Å²) < 4.78 is 4.96. The Morgan fingerprint density at radius 2 is 2.18 bits per heavy atom. The van der Waals surface area contributed by atoms with Gasteiger partial charge in [0.2, 0.25) is 0 Å². The molecule has 6 atom stereocenters. The average Bonchev–Trinajstić information content (AvgIpc) is 3.18. The molecule has 156 valence electrons. The molecule has 28 heavy (non-hydrogen) atoms. The van der Waals surface area contributed by atoms with Crippen LogP contribution < -0.4 is 0 Å². The highest BCUT2D eigenvalue weighted by molar-refractivity contribution is 5.69. The predicted molar refractivity (Wildman–Crippen MR) is 111 cm³/mol. The van der Waals surface area contributed by atoms with Gasteiger partial charge in [0.1, 0.15) is 0 Å². The second-order valence-electron chi connectivity index (χ2n) is 8.26. The molecule has 4 nitrogen and oxygen atoms in total. The predicted octanol–water partition coefficient (Wildman–Crippen LogP) is 4.02. The van der Waals surface area contributed by atoms with Crippen molar-refractivity contribution in [2.75, 3.05) is 6.61 Å². The Hall–Kier alpha value is -1.57. The molecule has 2 N–H and O–H groups in total. The molecule has 0 aliphatic heterocycles. The lowest BCUT2D eigenvalue weighted by molar-refractivity contribution is -0.143. The molecule has 0 saturated heterocycles. The fourth-order valence-electron chi connectivity index (χ4n) is 4.54. The van der Waals surface area contributed by atoms with E-state index in [1.807, 2.05) is 32.9 Å².